The van der Waals surface area contributed by atoms with Gasteiger partial charge in [0.2, 0.25) is 0 Å². The molecule has 0 radical (unpaired) electrons. The zero-order valence-electron chi connectivity index (χ0n) is 6.55. The maximum Gasteiger partial charge on any atom is 0.0799 e. The van der Waals surface area contributed by atoms with Gasteiger partial charge in [-0.25, -0.2) is 0 Å². The van der Waals surface area contributed by atoms with Gasteiger partial charge in [-0.15, -0.1) is 11.8 Å². The molecule has 0 bridgehead atoms. The van der Waals surface area contributed by atoms with Gasteiger partial charge in [0.25, 0.3) is 0 Å². The van der Waals surface area contributed by atoms with E-state index in [9.17, 15) is 0 Å². The molecule has 2 aliphatic rings. The van der Waals surface area contributed by atoms with Crippen molar-refractivity contribution in [3.63, 3.8) is 0 Å². The summed E-state index contributed by atoms with van der Waals surface area (Å²) >= 11 is 1.92. The molecule has 2 rings (SSSR count). The lowest BCUT2D eigenvalue weighted by Crippen LogP contribution is -2.39. The summed E-state index contributed by atoms with van der Waals surface area (Å²) in [5, 5.41) is 9.59. The molecule has 0 aromatic heterocycles. The molecular weight excluding hydrogens is 156 g/mol. The van der Waals surface area contributed by atoms with E-state index in [2.05, 4.69) is 22.2 Å². The van der Waals surface area contributed by atoms with Crippen LogP contribution >= 0.6 is 11.8 Å². The Bertz CT molecular complexity index is 144. The highest BCUT2D eigenvalue weighted by atomic mass is 32.2. The first-order valence-electron chi connectivity index (χ1n) is 4.24. The molecule has 2 nitrogen and oxygen atoms in total. The van der Waals surface area contributed by atoms with E-state index in [1.807, 2.05) is 11.8 Å². The average molecular weight is 170 g/mol. The molecule has 1 unspecified atom stereocenters. The van der Waals surface area contributed by atoms with Crippen molar-refractivity contribution in [2.75, 3.05) is 13.1 Å². The van der Waals surface area contributed by atoms with Gasteiger partial charge in [-0.3, -0.25) is 0 Å². The van der Waals surface area contributed by atoms with Gasteiger partial charge >= 0.3 is 0 Å². The minimum Gasteiger partial charge on any atom is -0.378 e. The van der Waals surface area contributed by atoms with Crippen molar-refractivity contribution in [2.24, 2.45) is 5.92 Å². The minimum atomic E-state index is 0.641. The fraction of sp³-hybridized carbons (Fsp3) is 0.750. The fourth-order valence-corrected chi connectivity index (χ4v) is 2.62. The maximum atomic E-state index is 3.43. The third kappa shape index (κ3) is 1.71. The highest BCUT2D eigenvalue weighted by molar-refractivity contribution is 8.02. The van der Waals surface area contributed by atoms with Gasteiger partial charge in [0, 0.05) is 18.7 Å². The number of thioether (sulfide) groups is 1. The number of hydrogen-bond acceptors (Lipinski definition) is 3. The average Bonchev–Trinajstić information content (AvgIpc) is 2.58. The second-order valence-corrected chi connectivity index (χ2v) is 4.18. The zero-order chi connectivity index (χ0) is 7.52. The maximum absolute atomic E-state index is 3.43. The van der Waals surface area contributed by atoms with Crippen LogP contribution in [-0.4, -0.2) is 18.5 Å². The summed E-state index contributed by atoms with van der Waals surface area (Å²) in [4.78, 5) is 0. The second-order valence-electron chi connectivity index (χ2n) is 3.13. The van der Waals surface area contributed by atoms with Crippen LogP contribution in [0.5, 0.6) is 0 Å². The summed E-state index contributed by atoms with van der Waals surface area (Å²) in [6.07, 6.45) is 4.77. The van der Waals surface area contributed by atoms with Crippen molar-refractivity contribution in [3.05, 3.63) is 11.6 Å². The molecule has 1 fully saturated rings. The molecule has 2 atom stereocenters. The van der Waals surface area contributed by atoms with Crippen LogP contribution in [0.3, 0.4) is 0 Å². The first-order chi connectivity index (χ1) is 5.47. The SMILES string of the molecule is C1=CSC([C@@H]2CCCNC2)N1. The van der Waals surface area contributed by atoms with E-state index in [1.54, 1.807) is 0 Å². The summed E-state index contributed by atoms with van der Waals surface area (Å²) in [6, 6.07) is 0. The number of rotatable bonds is 1. The Morgan fingerprint density at radius 1 is 1.45 bits per heavy atom. The first kappa shape index (κ1) is 7.50. The number of hydrogen-bond donors (Lipinski definition) is 2. The van der Waals surface area contributed by atoms with Gasteiger partial charge in [-0.1, -0.05) is 0 Å². The van der Waals surface area contributed by atoms with Crippen LogP contribution in [0.4, 0.5) is 0 Å². The Kier molecular flexibility index (Phi) is 2.38. The van der Waals surface area contributed by atoms with Gasteiger partial charge in [0.05, 0.1) is 5.37 Å². The third-order valence-electron chi connectivity index (χ3n) is 2.32. The standard InChI is InChI=1S/C8H14N2S/c1-2-7(6-9-3-1)8-10-4-5-11-8/h4-5,7-10H,1-3,6H2/t7-,8?/m1/s1. The highest BCUT2D eigenvalue weighted by Gasteiger charge is 2.23. The molecule has 0 spiro atoms. The molecule has 1 saturated heterocycles. The Balaban J connectivity index is 1.83. The van der Waals surface area contributed by atoms with Crippen LogP contribution in [0.15, 0.2) is 11.6 Å². The van der Waals surface area contributed by atoms with E-state index < -0.39 is 0 Å². The summed E-state index contributed by atoms with van der Waals surface area (Å²) in [5.74, 6) is 0.823. The predicted molar refractivity (Wildman–Crippen MR) is 49.2 cm³/mol. The fourth-order valence-electron chi connectivity index (χ4n) is 1.68. The Labute approximate surface area is 71.8 Å². The van der Waals surface area contributed by atoms with Crippen LogP contribution in [0, 0.1) is 5.92 Å². The molecule has 2 heterocycles. The molecule has 0 aromatic rings. The topological polar surface area (TPSA) is 24.1 Å². The van der Waals surface area contributed by atoms with Gasteiger partial charge in [-0.05, 0) is 24.8 Å². The van der Waals surface area contributed by atoms with Crippen LogP contribution in [-0.2, 0) is 0 Å². The quantitative estimate of drug-likeness (QED) is 0.616. The van der Waals surface area contributed by atoms with E-state index in [0.717, 1.165) is 5.92 Å². The predicted octanol–water partition coefficient (Wildman–Crippen LogP) is 1.12. The number of piperidine rings is 1. The van der Waals surface area contributed by atoms with Gasteiger partial charge in [-0.2, -0.15) is 0 Å². The molecule has 2 N–H and O–H groups in total. The minimum absolute atomic E-state index is 0.641. The molecule has 62 valence electrons. The smallest absolute Gasteiger partial charge is 0.0799 e. The Morgan fingerprint density at radius 2 is 2.45 bits per heavy atom. The highest BCUT2D eigenvalue weighted by Crippen LogP contribution is 2.26. The van der Waals surface area contributed by atoms with E-state index in [1.165, 1.54) is 25.9 Å². The van der Waals surface area contributed by atoms with Crippen molar-refractivity contribution >= 4 is 11.8 Å². The molecule has 0 aromatic carbocycles. The molecule has 3 heteroatoms. The second kappa shape index (κ2) is 3.50. The van der Waals surface area contributed by atoms with E-state index >= 15 is 0 Å². The van der Waals surface area contributed by atoms with Crippen molar-refractivity contribution in [2.45, 2.75) is 18.2 Å². The van der Waals surface area contributed by atoms with Crippen LogP contribution in [0.1, 0.15) is 12.8 Å². The van der Waals surface area contributed by atoms with Crippen molar-refractivity contribution in [1.29, 1.82) is 0 Å². The van der Waals surface area contributed by atoms with Crippen LogP contribution in [0.2, 0.25) is 0 Å². The lowest BCUT2D eigenvalue weighted by Gasteiger charge is -2.27. The summed E-state index contributed by atoms with van der Waals surface area (Å²) in [6.45, 7) is 2.40. The molecule has 2 aliphatic heterocycles. The molecule has 0 aliphatic carbocycles. The van der Waals surface area contributed by atoms with E-state index in [-0.39, 0.29) is 0 Å². The van der Waals surface area contributed by atoms with E-state index in [0.29, 0.717) is 5.37 Å². The lowest BCUT2D eigenvalue weighted by molar-refractivity contribution is 0.357. The number of nitrogens with one attached hydrogen (secondary N) is 2. The normalized spacial score (nSPS) is 37.1. The Hall–Kier alpha value is -0.150. The van der Waals surface area contributed by atoms with Crippen molar-refractivity contribution in [1.82, 2.24) is 10.6 Å². The van der Waals surface area contributed by atoms with Crippen molar-refractivity contribution < 1.29 is 0 Å². The van der Waals surface area contributed by atoms with Gasteiger partial charge < -0.3 is 10.6 Å². The third-order valence-corrected chi connectivity index (χ3v) is 3.42. The summed E-state index contributed by atoms with van der Waals surface area (Å²) in [7, 11) is 0. The Morgan fingerprint density at radius 3 is 3.09 bits per heavy atom. The monoisotopic (exact) mass is 170 g/mol. The van der Waals surface area contributed by atoms with E-state index in [4.69, 9.17) is 0 Å². The zero-order valence-corrected chi connectivity index (χ0v) is 7.36. The van der Waals surface area contributed by atoms with Crippen molar-refractivity contribution in [3.8, 4) is 0 Å². The molecular formula is C8H14N2S. The molecule has 0 amide bonds. The largest absolute Gasteiger partial charge is 0.378 e. The summed E-state index contributed by atoms with van der Waals surface area (Å²) in [5.41, 5.74) is 0. The van der Waals surface area contributed by atoms with Crippen LogP contribution in [0.25, 0.3) is 0 Å². The first-order valence-corrected chi connectivity index (χ1v) is 5.18. The summed E-state index contributed by atoms with van der Waals surface area (Å²) < 4.78 is 0. The molecule has 0 saturated carbocycles. The molecule has 11 heavy (non-hydrogen) atoms. The van der Waals surface area contributed by atoms with Crippen LogP contribution < -0.4 is 10.6 Å². The van der Waals surface area contributed by atoms with Gasteiger partial charge in [0.1, 0.15) is 0 Å². The lowest BCUT2D eigenvalue weighted by atomic mass is 9.99. The van der Waals surface area contributed by atoms with Gasteiger partial charge in [0.15, 0.2) is 0 Å².